The first-order valence-electron chi connectivity index (χ1n) is 12.5. The van der Waals surface area contributed by atoms with Gasteiger partial charge in [-0.1, -0.05) is 24.3 Å². The molecule has 1 aromatic heterocycles. The number of rotatable bonds is 9. The van der Waals surface area contributed by atoms with Crippen LogP contribution < -0.4 is 20.9 Å². The van der Waals surface area contributed by atoms with Gasteiger partial charge < -0.3 is 20.9 Å². The Morgan fingerprint density at radius 2 is 1.81 bits per heavy atom. The van der Waals surface area contributed by atoms with Crippen molar-refractivity contribution in [1.29, 1.82) is 0 Å². The molecule has 7 nitrogen and oxygen atoms in total. The Labute approximate surface area is 217 Å². The zero-order valence-corrected chi connectivity index (χ0v) is 21.8. The molecule has 0 spiro atoms. The van der Waals surface area contributed by atoms with Crippen LogP contribution in [0.4, 0.5) is 16.2 Å². The van der Waals surface area contributed by atoms with Crippen molar-refractivity contribution in [3.05, 3.63) is 82.0 Å². The summed E-state index contributed by atoms with van der Waals surface area (Å²) in [6, 6.07) is 19.4. The van der Waals surface area contributed by atoms with Gasteiger partial charge in [0.05, 0.1) is 6.54 Å². The third kappa shape index (κ3) is 7.57. The number of hydrogen-bond acceptors (Lipinski definition) is 5. The third-order valence-electron chi connectivity index (χ3n) is 6.38. The summed E-state index contributed by atoms with van der Waals surface area (Å²) >= 11 is 1.60. The highest BCUT2D eigenvalue weighted by molar-refractivity contribution is 7.09. The van der Waals surface area contributed by atoms with Crippen LogP contribution in [0.2, 0.25) is 0 Å². The molecular formula is C28H35N5O2S. The molecule has 1 saturated heterocycles. The van der Waals surface area contributed by atoms with Gasteiger partial charge in [0.2, 0.25) is 0 Å². The molecule has 0 bridgehead atoms. The SMILES string of the molecule is Cc1cccc(N2CCN(CCC(C)NC(=O)Nc3cccc(C(=O)NCc4cccs4)c3)CC2)c1. The lowest BCUT2D eigenvalue weighted by Crippen LogP contribution is -2.47. The number of piperazine rings is 1. The Balaban J connectivity index is 1.17. The molecular weight excluding hydrogens is 470 g/mol. The predicted octanol–water partition coefficient (Wildman–Crippen LogP) is 4.71. The summed E-state index contributed by atoms with van der Waals surface area (Å²) < 4.78 is 0. The van der Waals surface area contributed by atoms with E-state index in [1.807, 2.05) is 24.4 Å². The summed E-state index contributed by atoms with van der Waals surface area (Å²) in [5, 5.41) is 10.8. The second-order valence-electron chi connectivity index (χ2n) is 9.30. The van der Waals surface area contributed by atoms with Gasteiger partial charge in [-0.25, -0.2) is 4.79 Å². The molecule has 1 atom stereocenters. The van der Waals surface area contributed by atoms with E-state index in [-0.39, 0.29) is 18.0 Å². The van der Waals surface area contributed by atoms with Crippen LogP contribution in [0.15, 0.2) is 66.0 Å². The number of carbonyl (C=O) groups excluding carboxylic acids is 2. The van der Waals surface area contributed by atoms with E-state index in [1.54, 1.807) is 35.6 Å². The van der Waals surface area contributed by atoms with E-state index in [1.165, 1.54) is 11.3 Å². The summed E-state index contributed by atoms with van der Waals surface area (Å²) in [5.41, 5.74) is 3.70. The molecule has 4 rings (SSSR count). The van der Waals surface area contributed by atoms with Crippen molar-refractivity contribution in [1.82, 2.24) is 15.5 Å². The Bertz CT molecular complexity index is 1140. The summed E-state index contributed by atoms with van der Waals surface area (Å²) in [4.78, 5) is 31.0. The highest BCUT2D eigenvalue weighted by atomic mass is 32.1. The average Bonchev–Trinajstić information content (AvgIpc) is 3.40. The highest BCUT2D eigenvalue weighted by Crippen LogP contribution is 2.18. The van der Waals surface area contributed by atoms with Crippen molar-refractivity contribution >= 4 is 34.6 Å². The number of aryl methyl sites for hydroxylation is 1. The van der Waals surface area contributed by atoms with Crippen LogP contribution in [0, 0.1) is 6.92 Å². The first kappa shape index (κ1) is 25.7. The minimum absolute atomic E-state index is 0.0390. The first-order valence-corrected chi connectivity index (χ1v) is 13.4. The minimum atomic E-state index is -0.261. The molecule has 3 N–H and O–H groups in total. The molecule has 36 heavy (non-hydrogen) atoms. The Morgan fingerprint density at radius 1 is 1.00 bits per heavy atom. The van der Waals surface area contributed by atoms with Gasteiger partial charge in [0.15, 0.2) is 0 Å². The summed E-state index contributed by atoms with van der Waals surface area (Å²) in [6.45, 7) is 9.67. The molecule has 2 heterocycles. The van der Waals surface area contributed by atoms with E-state index in [0.717, 1.165) is 44.0 Å². The van der Waals surface area contributed by atoms with Gasteiger partial charge in [0.1, 0.15) is 0 Å². The van der Waals surface area contributed by atoms with Crippen LogP contribution in [0.5, 0.6) is 0 Å². The highest BCUT2D eigenvalue weighted by Gasteiger charge is 2.18. The predicted molar refractivity (Wildman–Crippen MR) is 148 cm³/mol. The second-order valence-corrected chi connectivity index (χ2v) is 10.3. The molecule has 0 aliphatic carbocycles. The van der Waals surface area contributed by atoms with Crippen LogP contribution >= 0.6 is 11.3 Å². The summed E-state index contributed by atoms with van der Waals surface area (Å²) in [6.07, 6.45) is 0.878. The largest absolute Gasteiger partial charge is 0.369 e. The van der Waals surface area contributed by atoms with Crippen LogP contribution in [0.3, 0.4) is 0 Å². The van der Waals surface area contributed by atoms with Crippen LogP contribution in [-0.4, -0.2) is 55.6 Å². The number of nitrogens with zero attached hydrogens (tertiary/aromatic N) is 2. The third-order valence-corrected chi connectivity index (χ3v) is 7.26. The van der Waals surface area contributed by atoms with Crippen molar-refractivity contribution in [2.75, 3.05) is 42.9 Å². The maximum absolute atomic E-state index is 12.5. The number of benzene rings is 2. The summed E-state index contributed by atoms with van der Waals surface area (Å²) in [7, 11) is 0. The zero-order valence-electron chi connectivity index (χ0n) is 21.0. The number of anilines is 2. The average molecular weight is 506 g/mol. The van der Waals surface area contributed by atoms with Crippen molar-refractivity contribution in [3.8, 4) is 0 Å². The monoisotopic (exact) mass is 505 g/mol. The number of nitrogens with one attached hydrogen (secondary N) is 3. The molecule has 0 saturated carbocycles. The maximum atomic E-state index is 12.5. The molecule has 1 aliphatic rings. The molecule has 8 heteroatoms. The van der Waals surface area contributed by atoms with Crippen molar-refractivity contribution < 1.29 is 9.59 Å². The first-order chi connectivity index (χ1) is 17.5. The topological polar surface area (TPSA) is 76.7 Å². The molecule has 1 unspecified atom stereocenters. The van der Waals surface area contributed by atoms with Gasteiger partial charge in [0, 0.05) is 60.6 Å². The Morgan fingerprint density at radius 3 is 2.56 bits per heavy atom. The van der Waals surface area contributed by atoms with Gasteiger partial charge in [-0.2, -0.15) is 0 Å². The van der Waals surface area contributed by atoms with Gasteiger partial charge in [-0.05, 0) is 67.6 Å². The Kier molecular flexibility index (Phi) is 8.97. The standard InChI is InChI=1S/C28H35N5O2S/c1-21-6-3-9-25(18-21)33-15-13-32(14-16-33)12-11-22(2)30-28(35)31-24-8-4-7-23(19-24)27(34)29-20-26-10-5-17-36-26/h3-10,17-19,22H,11-16,20H2,1-2H3,(H,29,34)(H2,30,31,35). The van der Waals surface area contributed by atoms with E-state index < -0.39 is 0 Å². The number of thiophene rings is 1. The van der Waals surface area contributed by atoms with Gasteiger partial charge in [-0.3, -0.25) is 9.69 Å². The Hall–Kier alpha value is -3.36. The summed E-state index contributed by atoms with van der Waals surface area (Å²) in [5.74, 6) is -0.164. The lowest BCUT2D eigenvalue weighted by molar-refractivity contribution is 0.0951. The zero-order chi connectivity index (χ0) is 25.3. The van der Waals surface area contributed by atoms with Crippen LogP contribution in [-0.2, 0) is 6.54 Å². The van der Waals surface area contributed by atoms with Crippen LogP contribution in [0.25, 0.3) is 0 Å². The van der Waals surface area contributed by atoms with E-state index in [0.29, 0.717) is 17.8 Å². The van der Waals surface area contributed by atoms with Gasteiger partial charge in [-0.15, -0.1) is 11.3 Å². The van der Waals surface area contributed by atoms with E-state index in [4.69, 9.17) is 0 Å². The lowest BCUT2D eigenvalue weighted by atomic mass is 10.1. The molecule has 190 valence electrons. The molecule has 1 aliphatic heterocycles. The van der Waals surface area contributed by atoms with E-state index in [2.05, 4.69) is 56.9 Å². The van der Waals surface area contributed by atoms with Gasteiger partial charge in [0.25, 0.3) is 5.91 Å². The molecule has 3 amide bonds. The number of amides is 3. The van der Waals surface area contributed by atoms with Crippen molar-refractivity contribution in [3.63, 3.8) is 0 Å². The van der Waals surface area contributed by atoms with Crippen molar-refractivity contribution in [2.24, 2.45) is 0 Å². The minimum Gasteiger partial charge on any atom is -0.369 e. The number of hydrogen-bond donors (Lipinski definition) is 3. The van der Waals surface area contributed by atoms with E-state index in [9.17, 15) is 9.59 Å². The lowest BCUT2D eigenvalue weighted by Gasteiger charge is -2.36. The maximum Gasteiger partial charge on any atom is 0.319 e. The van der Waals surface area contributed by atoms with Crippen LogP contribution in [0.1, 0.15) is 34.1 Å². The fourth-order valence-electron chi connectivity index (χ4n) is 4.31. The van der Waals surface area contributed by atoms with Crippen molar-refractivity contribution in [2.45, 2.75) is 32.9 Å². The fourth-order valence-corrected chi connectivity index (χ4v) is 4.96. The van der Waals surface area contributed by atoms with E-state index >= 15 is 0 Å². The smallest absolute Gasteiger partial charge is 0.319 e. The molecule has 1 fully saturated rings. The molecule has 3 aromatic rings. The molecule has 0 radical (unpaired) electrons. The number of carbonyl (C=O) groups is 2. The van der Waals surface area contributed by atoms with Gasteiger partial charge >= 0.3 is 6.03 Å². The quantitative estimate of drug-likeness (QED) is 0.394. The second kappa shape index (κ2) is 12.6. The molecule has 2 aromatic carbocycles. The number of urea groups is 1. The fraction of sp³-hybridized carbons (Fsp3) is 0.357. The normalized spacial score (nSPS) is 14.8.